The first kappa shape index (κ1) is 13.1. The molecule has 1 aromatic rings. The average Bonchev–Trinajstić information content (AvgIpc) is 2.51. The average molecular weight is 337 g/mol. The Labute approximate surface area is 114 Å². The van der Waals surface area contributed by atoms with Gasteiger partial charge in [0.1, 0.15) is 0 Å². The van der Waals surface area contributed by atoms with Gasteiger partial charge in [-0.15, -0.1) is 11.6 Å². The third-order valence-corrected chi connectivity index (χ3v) is 5.41. The van der Waals surface area contributed by atoms with Crippen LogP contribution in [0.5, 0.6) is 0 Å². The first-order valence-corrected chi connectivity index (χ1v) is 8.14. The smallest absolute Gasteiger partial charge is 0.153 e. The number of rotatable bonds is 2. The topological polar surface area (TPSA) is 46.5 Å². The molecule has 0 radical (unpaired) electrons. The first-order chi connectivity index (χ1) is 7.96. The van der Waals surface area contributed by atoms with Gasteiger partial charge in [-0.25, -0.2) is 8.42 Å². The van der Waals surface area contributed by atoms with Crippen LogP contribution in [0.25, 0.3) is 0 Å². The highest BCUT2D eigenvalue weighted by Crippen LogP contribution is 2.20. The Hall–Kier alpha value is -0.390. The lowest BCUT2D eigenvalue weighted by atomic mass is 10.2. The molecule has 0 unspecified atom stereocenters. The summed E-state index contributed by atoms with van der Waals surface area (Å²) in [5.74, 6) is 0.0745. The van der Waals surface area contributed by atoms with E-state index in [0.29, 0.717) is 0 Å². The van der Waals surface area contributed by atoms with Crippen LogP contribution in [0.4, 0.5) is 0 Å². The second-order valence-electron chi connectivity index (χ2n) is 3.99. The number of sulfone groups is 1. The van der Waals surface area contributed by atoms with Crippen molar-refractivity contribution in [3.8, 4) is 0 Å². The van der Waals surface area contributed by atoms with E-state index < -0.39 is 15.2 Å². The van der Waals surface area contributed by atoms with E-state index in [2.05, 4.69) is 20.9 Å². The molecule has 0 aliphatic carbocycles. The minimum absolute atomic E-state index is 0.0247. The fourth-order valence-electron chi connectivity index (χ4n) is 1.65. The molecule has 0 amide bonds. The van der Waals surface area contributed by atoms with E-state index in [1.165, 1.54) is 0 Å². The number of hydrogen-bond donors (Lipinski definition) is 0. The van der Waals surface area contributed by atoms with E-state index in [9.17, 15) is 8.42 Å². The van der Waals surface area contributed by atoms with Crippen LogP contribution < -0.4 is 0 Å². The zero-order valence-corrected chi connectivity index (χ0v) is 12.0. The standard InChI is InChI=1S/C11H11BrClNO2S/c12-9-3-1-8(2-4-9)5-14-11-7-17(15,16)6-10(11)13/h1-5,10-11H,6-7H2/t10-,11-/m0/s1. The third kappa shape index (κ3) is 3.53. The van der Waals surface area contributed by atoms with Gasteiger partial charge >= 0.3 is 0 Å². The van der Waals surface area contributed by atoms with Crippen molar-refractivity contribution in [2.75, 3.05) is 11.5 Å². The van der Waals surface area contributed by atoms with Gasteiger partial charge in [0.25, 0.3) is 0 Å². The number of nitrogens with zero attached hydrogens (tertiary/aromatic N) is 1. The molecule has 1 aliphatic rings. The van der Waals surface area contributed by atoms with Crippen LogP contribution in [-0.2, 0) is 9.84 Å². The highest BCUT2D eigenvalue weighted by molar-refractivity contribution is 9.10. The molecule has 92 valence electrons. The van der Waals surface area contributed by atoms with Crippen molar-refractivity contribution in [1.82, 2.24) is 0 Å². The molecular weight excluding hydrogens is 326 g/mol. The first-order valence-electron chi connectivity index (χ1n) is 5.09. The van der Waals surface area contributed by atoms with Crippen LogP contribution in [0.3, 0.4) is 0 Å². The van der Waals surface area contributed by atoms with Crippen LogP contribution in [0.1, 0.15) is 5.56 Å². The number of aliphatic imine (C=N–C) groups is 1. The molecule has 2 atom stereocenters. The predicted octanol–water partition coefficient (Wildman–Crippen LogP) is 2.27. The van der Waals surface area contributed by atoms with E-state index in [1.54, 1.807) is 6.21 Å². The molecule has 0 aromatic heterocycles. The quantitative estimate of drug-likeness (QED) is 0.614. The summed E-state index contributed by atoms with van der Waals surface area (Å²) in [7, 11) is -3.01. The monoisotopic (exact) mass is 335 g/mol. The second-order valence-corrected chi connectivity index (χ2v) is 7.62. The van der Waals surface area contributed by atoms with Crippen molar-refractivity contribution in [2.24, 2.45) is 4.99 Å². The van der Waals surface area contributed by atoms with Crippen molar-refractivity contribution in [1.29, 1.82) is 0 Å². The molecule has 0 spiro atoms. The Bertz CT molecular complexity index is 527. The number of alkyl halides is 1. The van der Waals surface area contributed by atoms with Crippen LogP contribution in [0.2, 0.25) is 0 Å². The zero-order valence-electron chi connectivity index (χ0n) is 8.88. The molecular formula is C11H11BrClNO2S. The van der Waals surface area contributed by atoms with Gasteiger partial charge in [0.05, 0.1) is 22.9 Å². The van der Waals surface area contributed by atoms with E-state index >= 15 is 0 Å². The highest BCUT2D eigenvalue weighted by Gasteiger charge is 2.35. The lowest BCUT2D eigenvalue weighted by molar-refractivity contribution is 0.601. The molecule has 1 aliphatic heterocycles. The minimum Gasteiger partial charge on any atom is -0.287 e. The molecule has 17 heavy (non-hydrogen) atoms. The molecule has 1 heterocycles. The maximum Gasteiger partial charge on any atom is 0.153 e. The van der Waals surface area contributed by atoms with Crippen LogP contribution >= 0.6 is 27.5 Å². The van der Waals surface area contributed by atoms with Gasteiger partial charge in [-0.05, 0) is 17.7 Å². The van der Waals surface area contributed by atoms with Gasteiger partial charge in [0, 0.05) is 10.7 Å². The Morgan fingerprint density at radius 2 is 1.94 bits per heavy atom. The molecule has 2 rings (SSSR count). The number of halogens is 2. The summed E-state index contributed by atoms with van der Waals surface area (Å²) in [6.07, 6.45) is 1.67. The molecule has 0 N–H and O–H groups in total. The van der Waals surface area contributed by atoms with E-state index in [1.807, 2.05) is 24.3 Å². The summed E-state index contributed by atoms with van der Waals surface area (Å²) in [6.45, 7) is 0. The van der Waals surface area contributed by atoms with Gasteiger partial charge in [-0.2, -0.15) is 0 Å². The summed E-state index contributed by atoms with van der Waals surface area (Å²) >= 11 is 9.30. The Balaban J connectivity index is 2.09. The van der Waals surface area contributed by atoms with Gasteiger partial charge in [0.2, 0.25) is 0 Å². The summed E-state index contributed by atoms with van der Waals surface area (Å²) < 4.78 is 23.7. The largest absolute Gasteiger partial charge is 0.287 e. The van der Waals surface area contributed by atoms with Crippen molar-refractivity contribution >= 4 is 43.6 Å². The van der Waals surface area contributed by atoms with E-state index in [4.69, 9.17) is 11.6 Å². The van der Waals surface area contributed by atoms with Crippen LogP contribution in [0.15, 0.2) is 33.7 Å². The molecule has 1 saturated heterocycles. The number of benzene rings is 1. The zero-order chi connectivity index (χ0) is 12.5. The summed E-state index contributed by atoms with van der Waals surface area (Å²) in [6, 6.07) is 7.29. The maximum atomic E-state index is 11.3. The molecule has 1 fully saturated rings. The normalized spacial score (nSPS) is 27.6. The molecule has 6 heteroatoms. The number of hydrogen-bond acceptors (Lipinski definition) is 3. The van der Waals surface area contributed by atoms with Crippen molar-refractivity contribution in [2.45, 2.75) is 11.4 Å². The van der Waals surface area contributed by atoms with Crippen LogP contribution in [0, 0.1) is 0 Å². The van der Waals surface area contributed by atoms with Crippen molar-refractivity contribution < 1.29 is 8.42 Å². The Kier molecular flexibility index (Phi) is 3.90. The van der Waals surface area contributed by atoms with E-state index in [-0.39, 0.29) is 17.5 Å². The fourth-order valence-corrected chi connectivity index (χ4v) is 4.44. The van der Waals surface area contributed by atoms with Gasteiger partial charge in [-0.3, -0.25) is 4.99 Å². The summed E-state index contributed by atoms with van der Waals surface area (Å²) in [5, 5.41) is -0.410. The summed E-state index contributed by atoms with van der Waals surface area (Å²) in [4.78, 5) is 4.25. The second kappa shape index (κ2) is 5.08. The molecule has 1 aromatic carbocycles. The minimum atomic E-state index is -3.01. The van der Waals surface area contributed by atoms with Crippen LogP contribution in [-0.4, -0.2) is 37.6 Å². The predicted molar refractivity (Wildman–Crippen MR) is 73.8 cm³/mol. The fraction of sp³-hybridized carbons (Fsp3) is 0.364. The Morgan fingerprint density at radius 3 is 2.47 bits per heavy atom. The third-order valence-electron chi connectivity index (χ3n) is 2.54. The Morgan fingerprint density at radius 1 is 1.29 bits per heavy atom. The summed E-state index contributed by atoms with van der Waals surface area (Å²) in [5.41, 5.74) is 0.932. The molecule has 0 bridgehead atoms. The van der Waals surface area contributed by atoms with Gasteiger partial charge in [0.15, 0.2) is 9.84 Å². The van der Waals surface area contributed by atoms with Gasteiger partial charge < -0.3 is 0 Å². The SMILES string of the molecule is O=S1(=O)C[C@H](N=Cc2ccc(Br)cc2)[C@@H](Cl)C1. The van der Waals surface area contributed by atoms with Crippen molar-refractivity contribution in [3.05, 3.63) is 34.3 Å². The molecule has 3 nitrogen and oxygen atoms in total. The lowest BCUT2D eigenvalue weighted by Gasteiger charge is -2.04. The molecule has 0 saturated carbocycles. The van der Waals surface area contributed by atoms with Crippen molar-refractivity contribution in [3.63, 3.8) is 0 Å². The van der Waals surface area contributed by atoms with Gasteiger partial charge in [-0.1, -0.05) is 28.1 Å². The van der Waals surface area contributed by atoms with E-state index in [0.717, 1.165) is 10.0 Å². The maximum absolute atomic E-state index is 11.3. The highest BCUT2D eigenvalue weighted by atomic mass is 79.9. The lowest BCUT2D eigenvalue weighted by Crippen LogP contribution is -2.16.